The van der Waals surface area contributed by atoms with Gasteiger partial charge in [0.15, 0.2) is 17.6 Å². The minimum atomic E-state index is -1.79. The van der Waals surface area contributed by atoms with Gasteiger partial charge in [-0.05, 0) is 18.2 Å². The SMILES string of the molecule is O=C(O)[C@H]1OC(Oc2ccc3c(c2)OC[C@H]2c4cc5c(cc4O[C@@H]32)OCO5)[C@H](O)[C@@H](O)[C@@H]1O. The zero-order valence-electron chi connectivity index (χ0n) is 17.0. The second-order valence-electron chi connectivity index (χ2n) is 8.25. The topological polar surface area (TPSA) is 153 Å². The predicted molar refractivity (Wildman–Crippen MR) is 106 cm³/mol. The van der Waals surface area contributed by atoms with Crippen LogP contribution in [0.15, 0.2) is 30.3 Å². The molecule has 0 aliphatic carbocycles. The molecule has 174 valence electrons. The first-order valence-corrected chi connectivity index (χ1v) is 10.4. The summed E-state index contributed by atoms with van der Waals surface area (Å²) >= 11 is 0. The van der Waals surface area contributed by atoms with Crippen molar-refractivity contribution in [2.45, 2.75) is 42.7 Å². The molecule has 11 heteroatoms. The van der Waals surface area contributed by atoms with E-state index in [-0.39, 0.29) is 24.6 Å². The first-order valence-electron chi connectivity index (χ1n) is 10.4. The van der Waals surface area contributed by atoms with Gasteiger partial charge in [-0.25, -0.2) is 4.79 Å². The first kappa shape index (κ1) is 20.4. The normalized spacial score (nSPS) is 33.2. The van der Waals surface area contributed by atoms with Crippen LogP contribution in [0.25, 0.3) is 0 Å². The van der Waals surface area contributed by atoms with Crippen LogP contribution < -0.4 is 23.7 Å². The van der Waals surface area contributed by atoms with Crippen molar-refractivity contribution in [3.63, 3.8) is 0 Å². The Kier molecular flexibility index (Phi) is 4.56. The van der Waals surface area contributed by atoms with Gasteiger partial charge in [-0.3, -0.25) is 0 Å². The third-order valence-corrected chi connectivity index (χ3v) is 6.30. The molecule has 0 bridgehead atoms. The molecule has 0 amide bonds. The number of carbonyl (C=O) groups is 1. The van der Waals surface area contributed by atoms with Gasteiger partial charge in [0.05, 0.1) is 12.5 Å². The summed E-state index contributed by atoms with van der Waals surface area (Å²) < 4.78 is 33.8. The number of ether oxygens (including phenoxy) is 6. The van der Waals surface area contributed by atoms with Gasteiger partial charge >= 0.3 is 5.97 Å². The minimum absolute atomic E-state index is 0.0368. The summed E-state index contributed by atoms with van der Waals surface area (Å²) in [7, 11) is 0. The Labute approximate surface area is 186 Å². The second-order valence-corrected chi connectivity index (χ2v) is 8.25. The highest BCUT2D eigenvalue weighted by atomic mass is 16.7. The van der Waals surface area contributed by atoms with Crippen molar-refractivity contribution in [1.82, 2.24) is 0 Å². The lowest BCUT2D eigenvalue weighted by Gasteiger charge is -2.38. The van der Waals surface area contributed by atoms with Crippen molar-refractivity contribution in [3.8, 4) is 28.7 Å². The number of hydrogen-bond acceptors (Lipinski definition) is 10. The summed E-state index contributed by atoms with van der Waals surface area (Å²) in [4.78, 5) is 11.3. The number of aliphatic hydroxyl groups is 3. The molecule has 0 aromatic heterocycles. The summed E-state index contributed by atoms with van der Waals surface area (Å²) in [6, 6.07) is 8.66. The fourth-order valence-corrected chi connectivity index (χ4v) is 4.58. The van der Waals surface area contributed by atoms with E-state index in [1.165, 1.54) is 0 Å². The Morgan fingerprint density at radius 3 is 2.45 bits per heavy atom. The zero-order valence-corrected chi connectivity index (χ0v) is 17.0. The summed E-state index contributed by atoms with van der Waals surface area (Å²) in [5.41, 5.74) is 1.77. The molecular formula is C22H20O11. The van der Waals surface area contributed by atoms with Gasteiger partial charge in [0, 0.05) is 23.3 Å². The highest BCUT2D eigenvalue weighted by Gasteiger charge is 2.48. The number of hydrogen-bond donors (Lipinski definition) is 4. The van der Waals surface area contributed by atoms with Gasteiger partial charge in [-0.2, -0.15) is 0 Å². The third-order valence-electron chi connectivity index (χ3n) is 6.30. The Bertz CT molecular complexity index is 1120. The van der Waals surface area contributed by atoms with E-state index in [9.17, 15) is 25.2 Å². The van der Waals surface area contributed by atoms with Gasteiger partial charge in [-0.1, -0.05) is 0 Å². The fourth-order valence-electron chi connectivity index (χ4n) is 4.58. The molecule has 1 saturated heterocycles. The standard InChI is InChI=1S/C22H20O11/c23-16-17(24)20(21(26)27)33-22(18(16)25)31-8-1-2-9-12(3-8)28-6-11-10-4-14-15(30-7-29-14)5-13(10)32-19(9)11/h1-5,11,16-20,22-25H,6-7H2,(H,26,27)/t11-,16-,17-,18+,19-,20-,22?/m0/s1. The van der Waals surface area contributed by atoms with Crippen LogP contribution in [-0.2, 0) is 9.53 Å². The molecule has 7 atom stereocenters. The first-order chi connectivity index (χ1) is 15.9. The van der Waals surface area contributed by atoms with Crippen LogP contribution in [0, 0.1) is 0 Å². The van der Waals surface area contributed by atoms with Crippen LogP contribution >= 0.6 is 0 Å². The average molecular weight is 460 g/mol. The molecule has 4 aliphatic heterocycles. The summed E-state index contributed by atoms with van der Waals surface area (Å²) in [6.45, 7) is 0.527. The summed E-state index contributed by atoms with van der Waals surface area (Å²) in [5.74, 6) is 1.22. The van der Waals surface area contributed by atoms with E-state index in [1.807, 2.05) is 12.1 Å². The lowest BCUT2D eigenvalue weighted by molar-refractivity contribution is -0.271. The molecule has 4 heterocycles. The minimum Gasteiger partial charge on any atom is -0.492 e. The Balaban J connectivity index is 1.23. The number of aliphatic carboxylic acids is 1. The van der Waals surface area contributed by atoms with E-state index in [1.54, 1.807) is 18.2 Å². The highest BCUT2D eigenvalue weighted by molar-refractivity contribution is 5.73. The molecule has 33 heavy (non-hydrogen) atoms. The third kappa shape index (κ3) is 3.16. The summed E-state index contributed by atoms with van der Waals surface area (Å²) in [6.07, 6.45) is -8.74. The van der Waals surface area contributed by atoms with E-state index in [0.29, 0.717) is 29.6 Å². The van der Waals surface area contributed by atoms with Gasteiger partial charge < -0.3 is 48.8 Å². The van der Waals surface area contributed by atoms with E-state index in [2.05, 4.69) is 0 Å². The average Bonchev–Trinajstić information content (AvgIpc) is 3.41. The number of carboxylic acids is 1. The molecule has 1 fully saturated rings. The molecule has 4 N–H and O–H groups in total. The lowest BCUT2D eigenvalue weighted by atomic mass is 9.89. The van der Waals surface area contributed by atoms with Gasteiger partial charge in [0.1, 0.15) is 41.7 Å². The van der Waals surface area contributed by atoms with Gasteiger partial charge in [0.2, 0.25) is 13.1 Å². The van der Waals surface area contributed by atoms with E-state index in [0.717, 1.165) is 11.1 Å². The molecule has 11 nitrogen and oxygen atoms in total. The molecule has 0 spiro atoms. The Morgan fingerprint density at radius 2 is 1.67 bits per heavy atom. The lowest BCUT2D eigenvalue weighted by Crippen LogP contribution is -2.61. The fraction of sp³-hybridized carbons (Fsp3) is 0.409. The molecule has 0 radical (unpaired) electrons. The zero-order chi connectivity index (χ0) is 22.9. The smallest absolute Gasteiger partial charge is 0.335 e. The molecule has 1 unspecified atom stereocenters. The van der Waals surface area contributed by atoms with Crippen LogP contribution in [-0.4, -0.2) is 70.5 Å². The van der Waals surface area contributed by atoms with Crippen molar-refractivity contribution in [1.29, 1.82) is 0 Å². The highest BCUT2D eigenvalue weighted by Crippen LogP contribution is 2.54. The van der Waals surface area contributed by atoms with Crippen LogP contribution in [0.3, 0.4) is 0 Å². The number of aliphatic hydroxyl groups excluding tert-OH is 3. The van der Waals surface area contributed by atoms with Crippen molar-refractivity contribution >= 4 is 5.97 Å². The predicted octanol–water partition coefficient (Wildman–Crippen LogP) is 0.296. The number of rotatable bonds is 3. The van der Waals surface area contributed by atoms with Crippen molar-refractivity contribution in [2.75, 3.05) is 13.4 Å². The van der Waals surface area contributed by atoms with Crippen LogP contribution in [0.2, 0.25) is 0 Å². The van der Waals surface area contributed by atoms with Crippen molar-refractivity contribution in [3.05, 3.63) is 41.5 Å². The summed E-state index contributed by atoms with van der Waals surface area (Å²) in [5, 5.41) is 39.2. The van der Waals surface area contributed by atoms with E-state index in [4.69, 9.17) is 28.4 Å². The quantitative estimate of drug-likeness (QED) is 0.500. The maximum absolute atomic E-state index is 11.3. The van der Waals surface area contributed by atoms with Crippen molar-refractivity contribution < 1.29 is 53.6 Å². The van der Waals surface area contributed by atoms with Crippen molar-refractivity contribution in [2.24, 2.45) is 0 Å². The number of carboxylic acid groups (broad SMARTS) is 1. The molecule has 2 aromatic carbocycles. The molecule has 0 saturated carbocycles. The molecule has 2 aromatic rings. The number of benzene rings is 2. The largest absolute Gasteiger partial charge is 0.492 e. The molecular weight excluding hydrogens is 440 g/mol. The second kappa shape index (κ2) is 7.39. The monoisotopic (exact) mass is 460 g/mol. The maximum Gasteiger partial charge on any atom is 0.335 e. The molecule has 4 aliphatic rings. The van der Waals surface area contributed by atoms with E-state index >= 15 is 0 Å². The molecule has 6 rings (SSSR count). The van der Waals surface area contributed by atoms with E-state index < -0.39 is 36.7 Å². The van der Waals surface area contributed by atoms with Gasteiger partial charge in [0.25, 0.3) is 0 Å². The van der Waals surface area contributed by atoms with Crippen LogP contribution in [0.5, 0.6) is 28.7 Å². The Morgan fingerprint density at radius 1 is 0.879 bits per heavy atom. The van der Waals surface area contributed by atoms with Gasteiger partial charge in [-0.15, -0.1) is 0 Å². The number of fused-ring (bicyclic) bond motifs is 6. The van der Waals surface area contributed by atoms with Crippen LogP contribution in [0.4, 0.5) is 0 Å². The Hall–Kier alpha value is -3.25. The van der Waals surface area contributed by atoms with Crippen LogP contribution in [0.1, 0.15) is 23.1 Å². The maximum atomic E-state index is 11.3.